The minimum atomic E-state index is -0.385. The van der Waals surface area contributed by atoms with Gasteiger partial charge >= 0.3 is 6.09 Å². The van der Waals surface area contributed by atoms with Gasteiger partial charge in [0, 0.05) is 31.4 Å². The number of anilines is 1. The van der Waals surface area contributed by atoms with E-state index in [2.05, 4.69) is 20.6 Å². The lowest BCUT2D eigenvalue weighted by molar-refractivity contribution is 0.140. The fraction of sp³-hybridized carbons (Fsp3) is 0.412. The van der Waals surface area contributed by atoms with Crippen LogP contribution in [0.2, 0.25) is 0 Å². The van der Waals surface area contributed by atoms with Gasteiger partial charge < -0.3 is 15.0 Å². The van der Waals surface area contributed by atoms with E-state index in [1.165, 1.54) is 12.8 Å². The summed E-state index contributed by atoms with van der Waals surface area (Å²) >= 11 is 1.68. The summed E-state index contributed by atoms with van der Waals surface area (Å²) in [7, 11) is 0. The summed E-state index contributed by atoms with van der Waals surface area (Å²) in [6, 6.07) is 9.66. The number of ether oxygens (including phenoxy) is 1. The maximum Gasteiger partial charge on any atom is 0.407 e. The van der Waals surface area contributed by atoms with E-state index >= 15 is 0 Å². The Bertz CT molecular complexity index is 624. The zero-order valence-corrected chi connectivity index (χ0v) is 13.8. The first-order valence-electron chi connectivity index (χ1n) is 7.95. The molecular weight excluding hydrogens is 310 g/mol. The third kappa shape index (κ3) is 4.69. The molecule has 1 aliphatic rings. The molecule has 2 aromatic rings. The van der Waals surface area contributed by atoms with Crippen molar-refractivity contribution in [1.29, 1.82) is 0 Å². The van der Waals surface area contributed by atoms with Gasteiger partial charge in [0.25, 0.3) is 0 Å². The van der Waals surface area contributed by atoms with Crippen molar-refractivity contribution < 1.29 is 9.53 Å². The van der Waals surface area contributed by atoms with Crippen LogP contribution in [0.4, 0.5) is 9.93 Å². The third-order valence-corrected chi connectivity index (χ3v) is 4.73. The van der Waals surface area contributed by atoms with E-state index in [1.54, 1.807) is 11.3 Å². The molecule has 0 radical (unpaired) electrons. The standard InChI is InChI=1S/C17H21N3O2S/c21-17(22-12-14-6-2-1-3-7-14)18-9-8-15-13-23-16(19-15)20-10-4-5-11-20/h1-3,6-7,13H,4-5,8-12H2,(H,18,21). The van der Waals surface area contributed by atoms with Gasteiger partial charge in [0.15, 0.2) is 5.13 Å². The van der Waals surface area contributed by atoms with Crippen molar-refractivity contribution >= 4 is 22.6 Å². The van der Waals surface area contributed by atoms with Crippen molar-refractivity contribution in [1.82, 2.24) is 10.3 Å². The highest BCUT2D eigenvalue weighted by Gasteiger charge is 2.15. The fourth-order valence-corrected chi connectivity index (χ4v) is 3.45. The fourth-order valence-electron chi connectivity index (χ4n) is 2.53. The maximum atomic E-state index is 11.7. The van der Waals surface area contributed by atoms with Crippen LogP contribution >= 0.6 is 11.3 Å². The average molecular weight is 331 g/mol. The summed E-state index contributed by atoms with van der Waals surface area (Å²) < 4.78 is 5.18. The number of nitrogens with zero attached hydrogens (tertiary/aromatic N) is 2. The third-order valence-electron chi connectivity index (χ3n) is 3.78. The van der Waals surface area contributed by atoms with E-state index in [-0.39, 0.29) is 6.09 Å². The summed E-state index contributed by atoms with van der Waals surface area (Å²) in [5.41, 5.74) is 2.01. The molecule has 1 fully saturated rings. The first-order valence-corrected chi connectivity index (χ1v) is 8.83. The van der Waals surface area contributed by atoms with Crippen molar-refractivity contribution in [2.75, 3.05) is 24.5 Å². The summed E-state index contributed by atoms with van der Waals surface area (Å²) in [6.45, 7) is 3.05. The lowest BCUT2D eigenvalue weighted by atomic mass is 10.2. The molecule has 1 aromatic heterocycles. The van der Waals surface area contributed by atoms with Crippen LogP contribution in [0.1, 0.15) is 24.1 Å². The van der Waals surface area contributed by atoms with E-state index in [9.17, 15) is 4.79 Å². The van der Waals surface area contributed by atoms with E-state index in [4.69, 9.17) is 4.74 Å². The highest BCUT2D eigenvalue weighted by molar-refractivity contribution is 7.13. The zero-order chi connectivity index (χ0) is 15.9. The Labute approximate surface area is 140 Å². The van der Waals surface area contributed by atoms with Crippen LogP contribution in [-0.4, -0.2) is 30.7 Å². The number of aromatic nitrogens is 1. The van der Waals surface area contributed by atoms with Crippen molar-refractivity contribution in [2.45, 2.75) is 25.9 Å². The summed E-state index contributed by atoms with van der Waals surface area (Å²) in [5.74, 6) is 0. The van der Waals surface area contributed by atoms with Gasteiger partial charge in [-0.3, -0.25) is 0 Å². The molecule has 0 spiro atoms. The van der Waals surface area contributed by atoms with Gasteiger partial charge in [-0.05, 0) is 18.4 Å². The zero-order valence-electron chi connectivity index (χ0n) is 13.0. The Kier molecular flexibility index (Phi) is 5.47. The highest BCUT2D eigenvalue weighted by Crippen LogP contribution is 2.24. The molecule has 1 amide bonds. The Morgan fingerprint density at radius 2 is 2.04 bits per heavy atom. The van der Waals surface area contributed by atoms with Crippen LogP contribution < -0.4 is 10.2 Å². The molecule has 23 heavy (non-hydrogen) atoms. The molecule has 0 atom stereocenters. The molecule has 1 aromatic carbocycles. The smallest absolute Gasteiger partial charge is 0.407 e. The second-order valence-corrected chi connectivity index (χ2v) is 6.39. The van der Waals surface area contributed by atoms with Crippen LogP contribution in [0.25, 0.3) is 0 Å². The number of alkyl carbamates (subject to hydrolysis) is 1. The van der Waals surface area contributed by atoms with Crippen LogP contribution in [0.15, 0.2) is 35.7 Å². The van der Waals surface area contributed by atoms with Gasteiger partial charge in [0.1, 0.15) is 6.61 Å². The van der Waals surface area contributed by atoms with Crippen molar-refractivity contribution in [3.63, 3.8) is 0 Å². The van der Waals surface area contributed by atoms with Crippen molar-refractivity contribution in [3.8, 4) is 0 Å². The van der Waals surface area contributed by atoms with Gasteiger partial charge in [-0.25, -0.2) is 9.78 Å². The molecule has 5 nitrogen and oxygen atoms in total. The molecule has 1 saturated heterocycles. The van der Waals surface area contributed by atoms with E-state index in [0.29, 0.717) is 13.2 Å². The molecular formula is C17H21N3O2S. The monoisotopic (exact) mass is 331 g/mol. The van der Waals surface area contributed by atoms with Crippen molar-refractivity contribution in [3.05, 3.63) is 47.0 Å². The van der Waals surface area contributed by atoms with Gasteiger partial charge in [0.2, 0.25) is 0 Å². The average Bonchev–Trinajstić information content (AvgIpc) is 3.25. The van der Waals surface area contributed by atoms with Crippen LogP contribution in [0.5, 0.6) is 0 Å². The molecule has 122 valence electrons. The summed E-state index contributed by atoms with van der Waals surface area (Å²) in [5, 5.41) is 5.95. The predicted molar refractivity (Wildman–Crippen MR) is 91.9 cm³/mol. The number of carbonyl (C=O) groups is 1. The predicted octanol–water partition coefficient (Wildman–Crippen LogP) is 3.21. The van der Waals surface area contributed by atoms with Gasteiger partial charge in [0.05, 0.1) is 5.69 Å². The Hall–Kier alpha value is -2.08. The first-order chi connectivity index (χ1) is 11.3. The molecule has 0 unspecified atom stereocenters. The number of hydrogen-bond acceptors (Lipinski definition) is 5. The minimum Gasteiger partial charge on any atom is -0.445 e. The second-order valence-electron chi connectivity index (χ2n) is 5.55. The number of benzene rings is 1. The van der Waals surface area contributed by atoms with Crippen LogP contribution in [-0.2, 0) is 17.8 Å². The minimum absolute atomic E-state index is 0.294. The van der Waals surface area contributed by atoms with E-state index < -0.39 is 0 Å². The largest absolute Gasteiger partial charge is 0.445 e. The van der Waals surface area contributed by atoms with Gasteiger partial charge in [-0.15, -0.1) is 11.3 Å². The molecule has 1 N–H and O–H groups in total. The molecule has 2 heterocycles. The number of thiazole rings is 1. The Morgan fingerprint density at radius 3 is 2.83 bits per heavy atom. The van der Waals surface area contributed by atoms with Crippen LogP contribution in [0, 0.1) is 0 Å². The van der Waals surface area contributed by atoms with Gasteiger partial charge in [-0.1, -0.05) is 30.3 Å². The molecule has 6 heteroatoms. The number of rotatable bonds is 6. The van der Waals surface area contributed by atoms with Gasteiger partial charge in [-0.2, -0.15) is 0 Å². The first kappa shape index (κ1) is 15.8. The number of amides is 1. The maximum absolute atomic E-state index is 11.7. The molecule has 3 rings (SSSR count). The number of nitrogens with one attached hydrogen (secondary N) is 1. The lowest BCUT2D eigenvalue weighted by Gasteiger charge is -2.12. The Balaban J connectivity index is 1.36. The SMILES string of the molecule is O=C(NCCc1csc(N2CCCC2)n1)OCc1ccccc1. The topological polar surface area (TPSA) is 54.5 Å². The molecule has 0 aliphatic carbocycles. The summed E-state index contributed by atoms with van der Waals surface area (Å²) in [6.07, 6.45) is 2.85. The lowest BCUT2D eigenvalue weighted by Crippen LogP contribution is -2.26. The number of hydrogen-bond donors (Lipinski definition) is 1. The summed E-state index contributed by atoms with van der Waals surface area (Å²) in [4.78, 5) is 18.6. The van der Waals surface area contributed by atoms with Crippen molar-refractivity contribution in [2.24, 2.45) is 0 Å². The van der Waals surface area contributed by atoms with Crippen LogP contribution in [0.3, 0.4) is 0 Å². The molecule has 0 bridgehead atoms. The normalized spacial score (nSPS) is 14.0. The van der Waals surface area contributed by atoms with E-state index in [1.807, 2.05) is 30.3 Å². The molecule has 0 saturated carbocycles. The van der Waals surface area contributed by atoms with E-state index in [0.717, 1.165) is 35.9 Å². The highest BCUT2D eigenvalue weighted by atomic mass is 32.1. The number of carbonyl (C=O) groups excluding carboxylic acids is 1. The quantitative estimate of drug-likeness (QED) is 0.883. The second kappa shape index (κ2) is 7.97. The molecule has 1 aliphatic heterocycles. The Morgan fingerprint density at radius 1 is 1.26 bits per heavy atom.